The minimum absolute atomic E-state index is 0.102. The van der Waals surface area contributed by atoms with Gasteiger partial charge in [0.2, 0.25) is 10.0 Å². The van der Waals surface area contributed by atoms with E-state index in [1.165, 1.54) is 6.07 Å². The summed E-state index contributed by atoms with van der Waals surface area (Å²) in [5.41, 5.74) is 5.58. The van der Waals surface area contributed by atoms with E-state index in [2.05, 4.69) is 39.1 Å². The summed E-state index contributed by atoms with van der Waals surface area (Å²) >= 11 is 0. The number of sulfonamides is 1. The number of H-pyrrole nitrogens is 1. The van der Waals surface area contributed by atoms with Gasteiger partial charge in [0.05, 0.1) is 16.0 Å². The molecule has 0 bridgehead atoms. The molecule has 38 heavy (non-hydrogen) atoms. The minimum Gasteiger partial charge on any atom is -0.358 e. The average molecular weight is 542 g/mol. The molecule has 1 aromatic heterocycles. The number of carbonyl (C=O) groups is 2. The van der Waals surface area contributed by atoms with Gasteiger partial charge in [-0.25, -0.2) is 13.1 Å². The van der Waals surface area contributed by atoms with Crippen LogP contribution in [0.25, 0.3) is 11.1 Å². The number of aryl methyl sites for hydroxylation is 1. The highest BCUT2D eigenvalue weighted by atomic mass is 32.2. The van der Waals surface area contributed by atoms with Crippen LogP contribution >= 0.6 is 0 Å². The Morgan fingerprint density at radius 1 is 1.16 bits per heavy atom. The molecule has 0 saturated heterocycles. The standard InChI is InChI=1S/C28H39N5O4S/c1-6-33(7-2)15-9-14-29-27(34)24-18(5)30-26-20(24)10-8-11-21(26)25-22-16-19(38(36,37)32-17(3)4)12-13-23(22)31-28(25)35/h12-13,16-17,30,32H,6-11,14-15H2,1-5H3,(H,29,34)(H,31,35)/b25-21-. The Hall–Kier alpha value is -2.95. The Kier molecular flexibility index (Phi) is 8.44. The number of carbonyl (C=O) groups excluding carboxylic acids is 2. The first-order valence-corrected chi connectivity index (χ1v) is 15.0. The van der Waals surface area contributed by atoms with E-state index >= 15 is 0 Å². The molecule has 2 amide bonds. The summed E-state index contributed by atoms with van der Waals surface area (Å²) in [5, 5.41) is 5.96. The topological polar surface area (TPSA) is 123 Å². The molecular formula is C28H39N5O4S. The van der Waals surface area contributed by atoms with Crippen LogP contribution in [-0.2, 0) is 21.2 Å². The second-order valence-corrected chi connectivity index (χ2v) is 12.0. The Balaban J connectivity index is 1.66. The zero-order valence-corrected chi connectivity index (χ0v) is 23.8. The van der Waals surface area contributed by atoms with Gasteiger partial charge in [0.1, 0.15) is 0 Å². The molecule has 4 rings (SSSR count). The summed E-state index contributed by atoms with van der Waals surface area (Å²) in [4.78, 5) is 32.2. The maximum Gasteiger partial charge on any atom is 0.256 e. The van der Waals surface area contributed by atoms with Crippen molar-refractivity contribution in [1.29, 1.82) is 0 Å². The normalized spacial score (nSPS) is 17.1. The molecule has 206 valence electrons. The van der Waals surface area contributed by atoms with Crippen LogP contribution in [0.5, 0.6) is 0 Å². The van der Waals surface area contributed by atoms with Crippen molar-refractivity contribution in [3.8, 4) is 0 Å². The van der Waals surface area contributed by atoms with E-state index in [1.807, 2.05) is 6.92 Å². The molecule has 0 saturated carbocycles. The van der Waals surface area contributed by atoms with Crippen molar-refractivity contribution in [2.45, 2.75) is 71.2 Å². The molecule has 2 aromatic rings. The van der Waals surface area contributed by atoms with Crippen LogP contribution < -0.4 is 15.4 Å². The Morgan fingerprint density at radius 3 is 2.58 bits per heavy atom. The summed E-state index contributed by atoms with van der Waals surface area (Å²) in [7, 11) is -3.72. The fraction of sp³-hybridized carbons (Fsp3) is 0.500. The van der Waals surface area contributed by atoms with Crippen molar-refractivity contribution >= 4 is 38.7 Å². The van der Waals surface area contributed by atoms with E-state index in [0.717, 1.165) is 61.4 Å². The van der Waals surface area contributed by atoms with Crippen molar-refractivity contribution in [2.75, 3.05) is 31.5 Å². The summed E-state index contributed by atoms with van der Waals surface area (Å²) in [5.74, 6) is -0.362. The van der Waals surface area contributed by atoms with Gasteiger partial charge in [-0.05, 0) is 95.4 Å². The number of anilines is 1. The average Bonchev–Trinajstić information content (AvgIpc) is 3.37. The van der Waals surface area contributed by atoms with Crippen LogP contribution in [0.4, 0.5) is 5.69 Å². The van der Waals surface area contributed by atoms with E-state index in [9.17, 15) is 18.0 Å². The molecule has 2 aliphatic rings. The van der Waals surface area contributed by atoms with Gasteiger partial charge < -0.3 is 20.5 Å². The molecule has 1 aliphatic heterocycles. The molecule has 4 N–H and O–H groups in total. The third-order valence-corrected chi connectivity index (χ3v) is 8.90. The van der Waals surface area contributed by atoms with Crippen LogP contribution in [0.3, 0.4) is 0 Å². The van der Waals surface area contributed by atoms with E-state index in [1.54, 1.807) is 26.0 Å². The van der Waals surface area contributed by atoms with Crippen molar-refractivity contribution in [1.82, 2.24) is 19.9 Å². The summed E-state index contributed by atoms with van der Waals surface area (Å²) in [6, 6.07) is 4.45. The first kappa shape index (κ1) is 28.1. The van der Waals surface area contributed by atoms with Crippen molar-refractivity contribution in [3.05, 3.63) is 46.3 Å². The van der Waals surface area contributed by atoms with E-state index in [-0.39, 0.29) is 22.8 Å². The second-order valence-electron chi connectivity index (χ2n) is 10.3. The molecular weight excluding hydrogens is 502 g/mol. The predicted molar refractivity (Wildman–Crippen MR) is 151 cm³/mol. The molecule has 0 radical (unpaired) electrons. The maximum absolute atomic E-state index is 13.2. The predicted octanol–water partition coefficient (Wildman–Crippen LogP) is 3.67. The fourth-order valence-electron chi connectivity index (χ4n) is 5.43. The van der Waals surface area contributed by atoms with Crippen LogP contribution in [0.1, 0.15) is 79.8 Å². The second kappa shape index (κ2) is 11.4. The number of rotatable bonds is 10. The smallest absolute Gasteiger partial charge is 0.256 e. The number of benzene rings is 1. The third-order valence-electron chi connectivity index (χ3n) is 7.24. The molecule has 0 spiro atoms. The largest absolute Gasteiger partial charge is 0.358 e. The number of allylic oxidation sites excluding steroid dienone is 1. The number of aromatic nitrogens is 1. The van der Waals surface area contributed by atoms with E-state index in [4.69, 9.17) is 0 Å². The van der Waals surface area contributed by atoms with Crippen LogP contribution in [0, 0.1) is 6.92 Å². The molecule has 10 heteroatoms. The van der Waals surface area contributed by atoms with Gasteiger partial charge in [-0.1, -0.05) is 13.8 Å². The number of aromatic amines is 1. The van der Waals surface area contributed by atoms with Gasteiger partial charge in [-0.2, -0.15) is 0 Å². The first-order valence-electron chi connectivity index (χ1n) is 13.5. The van der Waals surface area contributed by atoms with E-state index in [0.29, 0.717) is 35.4 Å². The summed E-state index contributed by atoms with van der Waals surface area (Å²) in [6.45, 7) is 13.2. The Bertz CT molecular complexity index is 1370. The number of fused-ring (bicyclic) bond motifs is 2. The van der Waals surface area contributed by atoms with Gasteiger partial charge in [-0.15, -0.1) is 0 Å². The highest BCUT2D eigenvalue weighted by molar-refractivity contribution is 7.89. The molecule has 9 nitrogen and oxygen atoms in total. The zero-order valence-electron chi connectivity index (χ0n) is 23.0. The molecule has 1 aromatic carbocycles. The van der Waals surface area contributed by atoms with Gasteiger partial charge in [0.15, 0.2) is 0 Å². The van der Waals surface area contributed by atoms with Crippen LogP contribution in [0.15, 0.2) is 23.1 Å². The van der Waals surface area contributed by atoms with Crippen molar-refractivity contribution < 1.29 is 18.0 Å². The number of hydrogen-bond donors (Lipinski definition) is 4. The fourth-order valence-corrected chi connectivity index (χ4v) is 6.71. The lowest BCUT2D eigenvalue weighted by atomic mass is 9.86. The number of hydrogen-bond acceptors (Lipinski definition) is 5. The molecule has 2 heterocycles. The lowest BCUT2D eigenvalue weighted by Gasteiger charge is -2.19. The van der Waals surface area contributed by atoms with Gasteiger partial charge in [0.25, 0.3) is 11.8 Å². The molecule has 1 aliphatic carbocycles. The summed E-state index contributed by atoms with van der Waals surface area (Å²) < 4.78 is 28.2. The molecule has 0 fully saturated rings. The van der Waals surface area contributed by atoms with Crippen LogP contribution in [-0.4, -0.2) is 62.3 Å². The summed E-state index contributed by atoms with van der Waals surface area (Å²) in [6.07, 6.45) is 3.06. The number of nitrogens with zero attached hydrogens (tertiary/aromatic N) is 1. The van der Waals surface area contributed by atoms with Crippen molar-refractivity contribution in [2.24, 2.45) is 0 Å². The zero-order chi connectivity index (χ0) is 27.6. The lowest BCUT2D eigenvalue weighted by molar-refractivity contribution is -0.110. The third kappa shape index (κ3) is 5.57. The van der Waals surface area contributed by atoms with Gasteiger partial charge in [0, 0.05) is 35.2 Å². The highest BCUT2D eigenvalue weighted by Gasteiger charge is 2.34. The number of nitrogens with one attached hydrogen (secondary N) is 4. The quantitative estimate of drug-likeness (QED) is 0.270. The number of amides is 2. The molecule has 0 unspecified atom stereocenters. The minimum atomic E-state index is -3.72. The van der Waals surface area contributed by atoms with Gasteiger partial charge >= 0.3 is 0 Å². The lowest BCUT2D eigenvalue weighted by Crippen LogP contribution is -2.30. The Labute approximate surface area is 225 Å². The van der Waals surface area contributed by atoms with Crippen LogP contribution in [0.2, 0.25) is 0 Å². The van der Waals surface area contributed by atoms with Crippen molar-refractivity contribution in [3.63, 3.8) is 0 Å². The van der Waals surface area contributed by atoms with Gasteiger partial charge in [-0.3, -0.25) is 9.59 Å². The first-order chi connectivity index (χ1) is 18.1. The monoisotopic (exact) mass is 541 g/mol. The SMILES string of the molecule is CCN(CC)CCCNC(=O)c1c(C)[nH]c2c1CCC/C2=C1/C(=O)Nc2ccc(S(=O)(=O)NC(C)C)cc21. The maximum atomic E-state index is 13.2. The highest BCUT2D eigenvalue weighted by Crippen LogP contribution is 2.43. The Morgan fingerprint density at radius 2 is 1.89 bits per heavy atom. The van der Waals surface area contributed by atoms with E-state index < -0.39 is 10.0 Å². The molecule has 0 atom stereocenters.